The van der Waals surface area contributed by atoms with Crippen LogP contribution in [-0.4, -0.2) is 41.5 Å². The van der Waals surface area contributed by atoms with Gasteiger partial charge in [-0.3, -0.25) is 9.48 Å². The Kier molecular flexibility index (Phi) is 6.46. The van der Waals surface area contributed by atoms with E-state index in [0.29, 0.717) is 30.9 Å². The number of rotatable bonds is 8. The van der Waals surface area contributed by atoms with Crippen molar-refractivity contribution in [3.05, 3.63) is 78.1 Å². The summed E-state index contributed by atoms with van der Waals surface area (Å²) in [5.41, 5.74) is 2.00. The van der Waals surface area contributed by atoms with Gasteiger partial charge < -0.3 is 5.32 Å². The molecule has 0 aliphatic carbocycles. The van der Waals surface area contributed by atoms with Crippen LogP contribution in [0, 0.1) is 0 Å². The Labute approximate surface area is 171 Å². The highest BCUT2D eigenvalue weighted by atomic mass is 32.2. The van der Waals surface area contributed by atoms with Crippen LogP contribution in [0.4, 0.5) is 5.69 Å². The smallest absolute Gasteiger partial charge is 0.255 e. The van der Waals surface area contributed by atoms with Crippen molar-refractivity contribution < 1.29 is 13.2 Å². The first-order chi connectivity index (χ1) is 14.0. The van der Waals surface area contributed by atoms with E-state index < -0.39 is 10.0 Å². The summed E-state index contributed by atoms with van der Waals surface area (Å²) >= 11 is 0. The molecule has 8 heteroatoms. The molecule has 1 amide bonds. The number of carbonyl (C=O) groups is 1. The molecule has 152 valence electrons. The van der Waals surface area contributed by atoms with Gasteiger partial charge in [0.05, 0.1) is 11.4 Å². The van der Waals surface area contributed by atoms with Gasteiger partial charge in [0.2, 0.25) is 10.0 Å². The molecule has 0 unspecified atom stereocenters. The molecule has 0 bridgehead atoms. The van der Waals surface area contributed by atoms with Crippen molar-refractivity contribution in [2.45, 2.75) is 25.3 Å². The Morgan fingerprint density at radius 1 is 1.03 bits per heavy atom. The second kappa shape index (κ2) is 9.02. The summed E-state index contributed by atoms with van der Waals surface area (Å²) in [6.45, 7) is 4.92. The molecular weight excluding hydrogens is 388 g/mol. The quantitative estimate of drug-likeness (QED) is 0.616. The van der Waals surface area contributed by atoms with Crippen LogP contribution in [0.2, 0.25) is 0 Å². The Bertz CT molecular complexity index is 1060. The first-order valence-electron chi connectivity index (χ1n) is 9.42. The highest BCUT2D eigenvalue weighted by molar-refractivity contribution is 7.89. The number of carbonyl (C=O) groups excluding carboxylic acids is 1. The van der Waals surface area contributed by atoms with E-state index in [1.807, 2.05) is 36.5 Å². The number of sulfonamides is 1. The fraction of sp³-hybridized carbons (Fsp3) is 0.238. The number of hydrogen-bond acceptors (Lipinski definition) is 4. The monoisotopic (exact) mass is 412 g/mol. The standard InChI is InChI=1S/C21H24N4O3S/c1-3-25(4-2)29(27,28)19-12-10-17(11-13-19)21(26)23-20-9-6-5-8-18(20)16-24-15-7-14-22-24/h5-15H,3-4,16H2,1-2H3,(H,23,26). The van der Waals surface area contributed by atoms with Crippen LogP contribution in [0.25, 0.3) is 0 Å². The van der Waals surface area contributed by atoms with Crippen molar-refractivity contribution >= 4 is 21.6 Å². The maximum absolute atomic E-state index is 12.7. The molecule has 3 aromatic rings. The van der Waals surface area contributed by atoms with Crippen molar-refractivity contribution in [3.63, 3.8) is 0 Å². The zero-order chi connectivity index (χ0) is 20.9. The molecule has 0 saturated heterocycles. The van der Waals surface area contributed by atoms with Gasteiger partial charge in [-0.1, -0.05) is 32.0 Å². The maximum Gasteiger partial charge on any atom is 0.255 e. The van der Waals surface area contributed by atoms with E-state index in [0.717, 1.165) is 5.56 Å². The van der Waals surface area contributed by atoms with Gasteiger partial charge in [0.15, 0.2) is 0 Å². The summed E-state index contributed by atoms with van der Waals surface area (Å²) < 4.78 is 28.3. The number of nitrogens with one attached hydrogen (secondary N) is 1. The van der Waals surface area contributed by atoms with E-state index in [9.17, 15) is 13.2 Å². The molecule has 0 atom stereocenters. The first-order valence-corrected chi connectivity index (χ1v) is 10.9. The predicted octanol–water partition coefficient (Wildman–Crippen LogP) is 3.21. The van der Waals surface area contributed by atoms with Crippen LogP contribution >= 0.6 is 0 Å². The second-order valence-corrected chi connectivity index (χ2v) is 8.37. The van der Waals surface area contributed by atoms with E-state index in [4.69, 9.17) is 0 Å². The van der Waals surface area contributed by atoms with Crippen LogP contribution in [0.3, 0.4) is 0 Å². The number of nitrogens with zero attached hydrogens (tertiary/aromatic N) is 3. The summed E-state index contributed by atoms with van der Waals surface area (Å²) in [5.74, 6) is -0.301. The molecule has 29 heavy (non-hydrogen) atoms. The van der Waals surface area contributed by atoms with Gasteiger partial charge >= 0.3 is 0 Å². The summed E-state index contributed by atoms with van der Waals surface area (Å²) in [5, 5.41) is 7.10. The second-order valence-electron chi connectivity index (χ2n) is 6.43. The summed E-state index contributed by atoms with van der Waals surface area (Å²) in [6.07, 6.45) is 3.56. The highest BCUT2D eigenvalue weighted by Crippen LogP contribution is 2.19. The van der Waals surface area contributed by atoms with E-state index >= 15 is 0 Å². The van der Waals surface area contributed by atoms with Crippen LogP contribution in [0.15, 0.2) is 71.9 Å². The number of aromatic nitrogens is 2. The molecule has 0 aliphatic heterocycles. The van der Waals surface area contributed by atoms with Crippen molar-refractivity contribution in [1.29, 1.82) is 0 Å². The molecule has 0 saturated carbocycles. The van der Waals surface area contributed by atoms with Crippen molar-refractivity contribution in [2.75, 3.05) is 18.4 Å². The average Bonchev–Trinajstić information content (AvgIpc) is 3.23. The van der Waals surface area contributed by atoms with Gasteiger partial charge in [-0.15, -0.1) is 0 Å². The predicted molar refractivity (Wildman–Crippen MR) is 112 cm³/mol. The van der Waals surface area contributed by atoms with Crippen LogP contribution < -0.4 is 5.32 Å². The number of amides is 1. The van der Waals surface area contributed by atoms with Gasteiger partial charge in [0, 0.05) is 36.7 Å². The normalized spacial score (nSPS) is 11.6. The van der Waals surface area contributed by atoms with Gasteiger partial charge in [-0.25, -0.2) is 8.42 Å². The topological polar surface area (TPSA) is 84.3 Å². The highest BCUT2D eigenvalue weighted by Gasteiger charge is 2.21. The molecule has 1 heterocycles. The molecule has 0 radical (unpaired) electrons. The lowest BCUT2D eigenvalue weighted by molar-refractivity contribution is 0.102. The first kappa shape index (κ1) is 20.8. The van der Waals surface area contributed by atoms with E-state index in [1.165, 1.54) is 28.6 Å². The van der Waals surface area contributed by atoms with E-state index in [-0.39, 0.29) is 10.8 Å². The minimum atomic E-state index is -3.55. The molecule has 3 rings (SSSR count). The maximum atomic E-state index is 12.7. The lowest BCUT2D eigenvalue weighted by Crippen LogP contribution is -2.30. The SMILES string of the molecule is CCN(CC)S(=O)(=O)c1ccc(C(=O)Nc2ccccc2Cn2cccn2)cc1. The minimum absolute atomic E-state index is 0.178. The summed E-state index contributed by atoms with van der Waals surface area (Å²) in [6, 6.07) is 15.4. The summed E-state index contributed by atoms with van der Waals surface area (Å²) in [4.78, 5) is 12.9. The Hall–Kier alpha value is -2.97. The zero-order valence-corrected chi connectivity index (χ0v) is 17.3. The molecule has 0 spiro atoms. The van der Waals surface area contributed by atoms with Crippen LogP contribution in [0.1, 0.15) is 29.8 Å². The van der Waals surface area contributed by atoms with Crippen molar-refractivity contribution in [3.8, 4) is 0 Å². The molecule has 0 fully saturated rings. The lowest BCUT2D eigenvalue weighted by Gasteiger charge is -2.18. The Morgan fingerprint density at radius 2 is 1.72 bits per heavy atom. The van der Waals surface area contributed by atoms with Gasteiger partial charge in [-0.05, 0) is 42.0 Å². The fourth-order valence-corrected chi connectivity index (χ4v) is 4.49. The molecular formula is C21H24N4O3S. The van der Waals surface area contributed by atoms with Crippen LogP contribution in [-0.2, 0) is 16.6 Å². The molecule has 0 aliphatic rings. The van der Waals surface area contributed by atoms with Crippen molar-refractivity contribution in [2.24, 2.45) is 0 Å². The number of para-hydroxylation sites is 1. The number of hydrogen-bond donors (Lipinski definition) is 1. The fourth-order valence-electron chi connectivity index (χ4n) is 3.03. The Balaban J connectivity index is 1.77. The summed E-state index contributed by atoms with van der Waals surface area (Å²) in [7, 11) is -3.55. The molecule has 1 N–H and O–H groups in total. The zero-order valence-electron chi connectivity index (χ0n) is 16.4. The number of anilines is 1. The largest absolute Gasteiger partial charge is 0.322 e. The van der Waals surface area contributed by atoms with Crippen molar-refractivity contribution in [1.82, 2.24) is 14.1 Å². The number of benzene rings is 2. The van der Waals surface area contributed by atoms with Crippen LogP contribution in [0.5, 0.6) is 0 Å². The molecule has 2 aromatic carbocycles. The van der Waals surface area contributed by atoms with Gasteiger partial charge in [0.25, 0.3) is 5.91 Å². The Morgan fingerprint density at radius 3 is 2.34 bits per heavy atom. The third-order valence-electron chi connectivity index (χ3n) is 4.62. The molecule has 1 aromatic heterocycles. The molecule has 7 nitrogen and oxygen atoms in total. The van der Waals surface area contributed by atoms with Gasteiger partial charge in [0.1, 0.15) is 0 Å². The third-order valence-corrected chi connectivity index (χ3v) is 6.68. The minimum Gasteiger partial charge on any atom is -0.322 e. The van der Waals surface area contributed by atoms with Gasteiger partial charge in [-0.2, -0.15) is 9.40 Å². The van der Waals surface area contributed by atoms with E-state index in [1.54, 1.807) is 24.7 Å². The third kappa shape index (κ3) is 4.72. The van der Waals surface area contributed by atoms with E-state index in [2.05, 4.69) is 10.4 Å². The average molecular weight is 413 g/mol. The lowest BCUT2D eigenvalue weighted by atomic mass is 10.1.